The Bertz CT molecular complexity index is 138. The normalized spacial score (nSPS) is 9.00. The Kier molecular flexibility index (Phi) is 6.96. The van der Waals surface area contributed by atoms with Crippen molar-refractivity contribution < 1.29 is 19.4 Å². The van der Waals surface area contributed by atoms with Crippen LogP contribution in [0.5, 0.6) is 0 Å². The van der Waals surface area contributed by atoms with Crippen LogP contribution in [0.1, 0.15) is 0 Å². The van der Waals surface area contributed by atoms with Crippen LogP contribution in [0.4, 0.5) is 0 Å². The van der Waals surface area contributed by atoms with E-state index in [9.17, 15) is 10.1 Å². The second kappa shape index (κ2) is 7.80. The van der Waals surface area contributed by atoms with Crippen LogP contribution in [0, 0.1) is 10.1 Å². The molecule has 12 heavy (non-hydrogen) atoms. The monoisotopic (exact) mass is 177 g/mol. The van der Waals surface area contributed by atoms with E-state index in [0.717, 1.165) is 0 Å². The number of hydrogen-bond donors (Lipinski definition) is 0. The van der Waals surface area contributed by atoms with Gasteiger partial charge in [0.1, 0.15) is 13.2 Å². The Balaban J connectivity index is 2.90. The van der Waals surface area contributed by atoms with E-state index in [1.165, 1.54) is 6.26 Å². The van der Waals surface area contributed by atoms with Gasteiger partial charge in [0.05, 0.1) is 19.5 Å². The molecule has 0 spiro atoms. The second-order valence-corrected chi connectivity index (χ2v) is 1.71. The molecule has 0 heterocycles. The SMILES string of the molecule is C=COCCOCCO[N+](=O)[O-]. The van der Waals surface area contributed by atoms with Crippen molar-refractivity contribution in [2.45, 2.75) is 0 Å². The second-order valence-electron chi connectivity index (χ2n) is 1.71. The van der Waals surface area contributed by atoms with Gasteiger partial charge >= 0.3 is 0 Å². The molecule has 0 amide bonds. The van der Waals surface area contributed by atoms with E-state index in [2.05, 4.69) is 11.4 Å². The smallest absolute Gasteiger partial charge is 0.294 e. The predicted molar refractivity (Wildman–Crippen MR) is 39.9 cm³/mol. The summed E-state index contributed by atoms with van der Waals surface area (Å²) in [7, 11) is 0. The molecule has 0 aromatic rings. The summed E-state index contributed by atoms with van der Waals surface area (Å²) in [6, 6.07) is 0. The fraction of sp³-hybridized carbons (Fsp3) is 0.667. The standard InChI is InChI=1S/C6H11NO5/c1-2-10-3-4-11-5-6-12-7(8)9/h2H,1,3-6H2. The molecule has 0 N–H and O–H groups in total. The van der Waals surface area contributed by atoms with E-state index in [-0.39, 0.29) is 13.2 Å². The van der Waals surface area contributed by atoms with E-state index in [1.54, 1.807) is 0 Å². The maximum absolute atomic E-state index is 9.62. The summed E-state index contributed by atoms with van der Waals surface area (Å²) in [4.78, 5) is 13.6. The third kappa shape index (κ3) is 8.70. The average molecular weight is 177 g/mol. The largest absolute Gasteiger partial charge is 0.499 e. The van der Waals surface area contributed by atoms with Crippen molar-refractivity contribution in [1.82, 2.24) is 0 Å². The Morgan fingerprint density at radius 2 is 2.00 bits per heavy atom. The van der Waals surface area contributed by atoms with Crippen molar-refractivity contribution in [3.8, 4) is 0 Å². The zero-order valence-electron chi connectivity index (χ0n) is 6.60. The highest BCUT2D eigenvalue weighted by molar-refractivity contribution is 4.47. The summed E-state index contributed by atoms with van der Waals surface area (Å²) >= 11 is 0. The maximum Gasteiger partial charge on any atom is 0.294 e. The summed E-state index contributed by atoms with van der Waals surface area (Å²) < 4.78 is 9.61. The molecular weight excluding hydrogens is 166 g/mol. The minimum Gasteiger partial charge on any atom is -0.499 e. The fourth-order valence-electron chi connectivity index (χ4n) is 0.463. The van der Waals surface area contributed by atoms with Gasteiger partial charge in [-0.3, -0.25) is 0 Å². The first-order chi connectivity index (χ1) is 5.77. The first kappa shape index (κ1) is 10.7. The first-order valence-electron chi connectivity index (χ1n) is 3.35. The highest BCUT2D eigenvalue weighted by atomic mass is 17.0. The molecule has 0 aliphatic heterocycles. The number of hydrogen-bond acceptors (Lipinski definition) is 5. The number of nitrogens with zero attached hydrogens (tertiary/aromatic N) is 1. The Labute approximate surface area is 69.8 Å². The summed E-state index contributed by atoms with van der Waals surface area (Å²) in [6.45, 7) is 4.21. The van der Waals surface area contributed by atoms with Crippen molar-refractivity contribution in [3.05, 3.63) is 23.0 Å². The molecule has 0 rings (SSSR count). The lowest BCUT2D eigenvalue weighted by Gasteiger charge is -2.02. The molecule has 0 aliphatic carbocycles. The van der Waals surface area contributed by atoms with E-state index >= 15 is 0 Å². The van der Waals surface area contributed by atoms with E-state index in [4.69, 9.17) is 9.47 Å². The molecule has 0 bridgehead atoms. The number of rotatable bonds is 8. The van der Waals surface area contributed by atoms with Crippen LogP contribution < -0.4 is 0 Å². The van der Waals surface area contributed by atoms with Gasteiger partial charge in [0.15, 0.2) is 0 Å². The lowest BCUT2D eigenvalue weighted by atomic mass is 10.7. The van der Waals surface area contributed by atoms with E-state index in [1.807, 2.05) is 0 Å². The highest BCUT2D eigenvalue weighted by Crippen LogP contribution is 1.80. The molecule has 0 aliphatic rings. The quantitative estimate of drug-likeness (QED) is 0.232. The third-order valence-electron chi connectivity index (χ3n) is 0.888. The summed E-state index contributed by atoms with van der Waals surface area (Å²) in [6.07, 6.45) is 1.30. The molecule has 0 aromatic heterocycles. The summed E-state index contributed by atoms with van der Waals surface area (Å²) in [5.41, 5.74) is 0. The van der Waals surface area contributed by atoms with Crippen molar-refractivity contribution in [1.29, 1.82) is 0 Å². The molecule has 0 saturated heterocycles. The van der Waals surface area contributed by atoms with Crippen molar-refractivity contribution >= 4 is 0 Å². The molecule has 0 fully saturated rings. The van der Waals surface area contributed by atoms with Crippen molar-refractivity contribution in [2.75, 3.05) is 26.4 Å². The molecule has 0 saturated carbocycles. The van der Waals surface area contributed by atoms with Crippen LogP contribution in [0.3, 0.4) is 0 Å². The van der Waals surface area contributed by atoms with Gasteiger partial charge in [-0.15, -0.1) is 10.1 Å². The fourth-order valence-corrected chi connectivity index (χ4v) is 0.463. The van der Waals surface area contributed by atoms with E-state index < -0.39 is 5.09 Å². The number of ether oxygens (including phenoxy) is 2. The van der Waals surface area contributed by atoms with Gasteiger partial charge in [0, 0.05) is 0 Å². The minimum absolute atomic E-state index is 0.0545. The maximum atomic E-state index is 9.62. The average Bonchev–Trinajstić information content (AvgIpc) is 2.02. The third-order valence-corrected chi connectivity index (χ3v) is 0.888. The van der Waals surface area contributed by atoms with Crippen molar-refractivity contribution in [3.63, 3.8) is 0 Å². The van der Waals surface area contributed by atoms with Gasteiger partial charge in [-0.25, -0.2) is 0 Å². The van der Waals surface area contributed by atoms with Crippen LogP contribution in [0.2, 0.25) is 0 Å². The highest BCUT2D eigenvalue weighted by Gasteiger charge is 1.93. The molecule has 0 aromatic carbocycles. The summed E-state index contributed by atoms with van der Waals surface area (Å²) in [5, 5.41) is 8.77. The molecular formula is C6H11NO5. The van der Waals surface area contributed by atoms with Gasteiger partial charge in [0.2, 0.25) is 0 Å². The predicted octanol–water partition coefficient (Wildman–Crippen LogP) is 0.371. The topological polar surface area (TPSA) is 70.8 Å². The Morgan fingerprint density at radius 3 is 2.58 bits per heavy atom. The first-order valence-corrected chi connectivity index (χ1v) is 3.35. The van der Waals surface area contributed by atoms with Gasteiger partial charge in [-0.2, -0.15) is 0 Å². The zero-order chi connectivity index (χ0) is 9.23. The van der Waals surface area contributed by atoms with Crippen LogP contribution in [0.25, 0.3) is 0 Å². The Hall–Kier alpha value is -1.30. The lowest BCUT2D eigenvalue weighted by molar-refractivity contribution is -0.758. The lowest BCUT2D eigenvalue weighted by Crippen LogP contribution is -2.10. The van der Waals surface area contributed by atoms with Gasteiger partial charge < -0.3 is 14.3 Å². The van der Waals surface area contributed by atoms with Gasteiger partial charge in [0.25, 0.3) is 5.09 Å². The van der Waals surface area contributed by atoms with E-state index in [0.29, 0.717) is 13.2 Å². The summed E-state index contributed by atoms with van der Waals surface area (Å²) in [5.74, 6) is 0. The van der Waals surface area contributed by atoms with Crippen LogP contribution in [-0.2, 0) is 14.3 Å². The van der Waals surface area contributed by atoms with Gasteiger partial charge in [-0.1, -0.05) is 6.58 Å². The minimum atomic E-state index is -0.858. The van der Waals surface area contributed by atoms with Gasteiger partial charge in [-0.05, 0) is 0 Å². The molecule has 0 atom stereocenters. The molecule has 70 valence electrons. The van der Waals surface area contributed by atoms with Crippen LogP contribution in [-0.4, -0.2) is 31.5 Å². The molecule has 0 unspecified atom stereocenters. The molecule has 6 heteroatoms. The Morgan fingerprint density at radius 1 is 1.33 bits per heavy atom. The molecule has 0 radical (unpaired) electrons. The van der Waals surface area contributed by atoms with Crippen molar-refractivity contribution in [2.24, 2.45) is 0 Å². The van der Waals surface area contributed by atoms with Crippen LogP contribution in [0.15, 0.2) is 12.8 Å². The van der Waals surface area contributed by atoms with Crippen LogP contribution >= 0.6 is 0 Å². The molecule has 6 nitrogen and oxygen atoms in total. The zero-order valence-corrected chi connectivity index (χ0v) is 6.60.